The molecule has 1 atom stereocenters. The Balaban J connectivity index is 2.25. The number of nitrogens with one attached hydrogen (secondary N) is 1. The van der Waals surface area contributed by atoms with Gasteiger partial charge in [0, 0.05) is 29.1 Å². The number of nitrogens with zero attached hydrogens (tertiary/aromatic N) is 1. The number of aryl methyl sites for hydroxylation is 2. The van der Waals surface area contributed by atoms with Crippen molar-refractivity contribution < 1.29 is 4.39 Å². The standard InChI is InChI=1S/C14H17FN2S/c1-9-4-5-12(15)11(6-9)13(16-3)7-14-17-10(2)8-18-14/h4-6,8,13,16H,7H2,1-3H3. The molecule has 1 aromatic heterocycles. The van der Waals surface area contributed by atoms with Crippen LogP contribution in [0.4, 0.5) is 4.39 Å². The molecular weight excluding hydrogens is 247 g/mol. The van der Waals surface area contributed by atoms with Gasteiger partial charge in [-0.3, -0.25) is 0 Å². The molecule has 1 N–H and O–H groups in total. The molecule has 0 bridgehead atoms. The monoisotopic (exact) mass is 264 g/mol. The molecule has 0 saturated carbocycles. The number of halogens is 1. The van der Waals surface area contributed by atoms with Crippen LogP contribution in [0.2, 0.25) is 0 Å². The maximum Gasteiger partial charge on any atom is 0.128 e. The van der Waals surface area contributed by atoms with Crippen molar-refractivity contribution in [3.05, 3.63) is 51.2 Å². The molecule has 1 heterocycles. The molecule has 0 spiro atoms. The molecule has 0 fully saturated rings. The maximum atomic E-state index is 13.9. The van der Waals surface area contributed by atoms with Gasteiger partial charge in [0.05, 0.1) is 5.01 Å². The van der Waals surface area contributed by atoms with Crippen LogP contribution in [0.1, 0.15) is 27.9 Å². The van der Waals surface area contributed by atoms with Crippen LogP contribution in [0.3, 0.4) is 0 Å². The van der Waals surface area contributed by atoms with Gasteiger partial charge in [-0.1, -0.05) is 17.7 Å². The quantitative estimate of drug-likeness (QED) is 0.915. The van der Waals surface area contributed by atoms with E-state index in [1.54, 1.807) is 17.4 Å². The average molecular weight is 264 g/mol. The predicted octanol–water partition coefficient (Wildman–Crippen LogP) is 3.40. The van der Waals surface area contributed by atoms with Crippen molar-refractivity contribution in [3.63, 3.8) is 0 Å². The summed E-state index contributed by atoms with van der Waals surface area (Å²) in [6.07, 6.45) is 0.718. The summed E-state index contributed by atoms with van der Waals surface area (Å²) in [5.41, 5.74) is 2.81. The lowest BCUT2D eigenvalue weighted by Crippen LogP contribution is -2.20. The lowest BCUT2D eigenvalue weighted by Gasteiger charge is -2.16. The predicted molar refractivity (Wildman–Crippen MR) is 73.5 cm³/mol. The first-order chi connectivity index (χ1) is 8.60. The molecule has 2 nitrogen and oxygen atoms in total. The number of rotatable bonds is 4. The first-order valence-corrected chi connectivity index (χ1v) is 6.82. The van der Waals surface area contributed by atoms with Gasteiger partial charge in [-0.15, -0.1) is 11.3 Å². The summed E-state index contributed by atoms with van der Waals surface area (Å²) in [5, 5.41) is 6.23. The highest BCUT2D eigenvalue weighted by molar-refractivity contribution is 7.09. The molecule has 1 unspecified atom stereocenters. The minimum Gasteiger partial charge on any atom is -0.313 e. The third-order valence-corrected chi connectivity index (χ3v) is 3.91. The average Bonchev–Trinajstić information content (AvgIpc) is 2.75. The van der Waals surface area contributed by atoms with E-state index in [2.05, 4.69) is 10.3 Å². The van der Waals surface area contributed by atoms with Crippen molar-refractivity contribution in [1.82, 2.24) is 10.3 Å². The molecule has 0 amide bonds. The van der Waals surface area contributed by atoms with Gasteiger partial charge in [0.15, 0.2) is 0 Å². The van der Waals surface area contributed by atoms with E-state index in [1.807, 2.05) is 32.3 Å². The van der Waals surface area contributed by atoms with Crippen molar-refractivity contribution in [2.75, 3.05) is 7.05 Å². The lowest BCUT2D eigenvalue weighted by atomic mass is 10.0. The maximum absolute atomic E-state index is 13.9. The second kappa shape index (κ2) is 5.59. The molecule has 1 aromatic carbocycles. The summed E-state index contributed by atoms with van der Waals surface area (Å²) in [6, 6.07) is 5.19. The Morgan fingerprint density at radius 2 is 2.17 bits per heavy atom. The van der Waals surface area contributed by atoms with E-state index in [4.69, 9.17) is 0 Å². The fourth-order valence-corrected chi connectivity index (χ4v) is 2.79. The van der Waals surface area contributed by atoms with Crippen LogP contribution >= 0.6 is 11.3 Å². The van der Waals surface area contributed by atoms with Crippen molar-refractivity contribution >= 4 is 11.3 Å². The molecule has 18 heavy (non-hydrogen) atoms. The topological polar surface area (TPSA) is 24.9 Å². The van der Waals surface area contributed by atoms with E-state index in [0.29, 0.717) is 5.56 Å². The Morgan fingerprint density at radius 3 is 2.78 bits per heavy atom. The van der Waals surface area contributed by atoms with Gasteiger partial charge in [-0.2, -0.15) is 0 Å². The van der Waals surface area contributed by atoms with Crippen LogP contribution in [0.5, 0.6) is 0 Å². The number of aromatic nitrogens is 1. The molecule has 4 heteroatoms. The molecule has 96 valence electrons. The van der Waals surface area contributed by atoms with Crippen LogP contribution in [0.25, 0.3) is 0 Å². The van der Waals surface area contributed by atoms with Crippen LogP contribution in [0, 0.1) is 19.7 Å². The van der Waals surface area contributed by atoms with E-state index in [-0.39, 0.29) is 11.9 Å². The van der Waals surface area contributed by atoms with Gasteiger partial charge < -0.3 is 5.32 Å². The molecule has 0 saturated heterocycles. The number of hydrogen-bond donors (Lipinski definition) is 1. The zero-order chi connectivity index (χ0) is 13.1. The fraction of sp³-hybridized carbons (Fsp3) is 0.357. The number of thiazole rings is 1. The van der Waals surface area contributed by atoms with Crippen molar-refractivity contribution in [1.29, 1.82) is 0 Å². The fourth-order valence-electron chi connectivity index (χ4n) is 1.97. The summed E-state index contributed by atoms with van der Waals surface area (Å²) in [5.74, 6) is -0.159. The van der Waals surface area contributed by atoms with Crippen molar-refractivity contribution in [3.8, 4) is 0 Å². The number of benzene rings is 1. The third kappa shape index (κ3) is 2.94. The summed E-state index contributed by atoms with van der Waals surface area (Å²) in [6.45, 7) is 3.95. The van der Waals surface area contributed by atoms with E-state index in [9.17, 15) is 4.39 Å². The first kappa shape index (κ1) is 13.2. The number of likely N-dealkylation sites (N-methyl/N-ethyl adjacent to an activating group) is 1. The molecule has 2 aromatic rings. The molecule has 0 aliphatic rings. The van der Waals surface area contributed by atoms with Gasteiger partial charge in [0.2, 0.25) is 0 Å². The van der Waals surface area contributed by atoms with Crippen molar-refractivity contribution in [2.45, 2.75) is 26.3 Å². The highest BCUT2D eigenvalue weighted by atomic mass is 32.1. The summed E-state index contributed by atoms with van der Waals surface area (Å²) in [4.78, 5) is 4.43. The van der Waals surface area contributed by atoms with Gasteiger partial charge in [0.25, 0.3) is 0 Å². The zero-order valence-corrected chi connectivity index (χ0v) is 11.6. The van der Waals surface area contributed by atoms with E-state index < -0.39 is 0 Å². The van der Waals surface area contributed by atoms with Gasteiger partial charge in [-0.25, -0.2) is 9.37 Å². The normalized spacial score (nSPS) is 12.7. The van der Waals surface area contributed by atoms with Crippen LogP contribution in [-0.4, -0.2) is 12.0 Å². The zero-order valence-electron chi connectivity index (χ0n) is 10.8. The first-order valence-electron chi connectivity index (χ1n) is 5.94. The highest BCUT2D eigenvalue weighted by Crippen LogP contribution is 2.23. The Labute approximate surface area is 111 Å². The van der Waals surface area contributed by atoms with Crippen LogP contribution < -0.4 is 5.32 Å². The molecule has 2 rings (SSSR count). The SMILES string of the molecule is CNC(Cc1nc(C)cs1)c1cc(C)ccc1F. The minimum atomic E-state index is -0.159. The summed E-state index contributed by atoms with van der Waals surface area (Å²) < 4.78 is 13.9. The van der Waals surface area contributed by atoms with E-state index >= 15 is 0 Å². The molecule has 0 aliphatic heterocycles. The van der Waals surface area contributed by atoms with Crippen LogP contribution in [-0.2, 0) is 6.42 Å². The Morgan fingerprint density at radius 1 is 1.39 bits per heavy atom. The summed E-state index contributed by atoms with van der Waals surface area (Å²) >= 11 is 1.62. The van der Waals surface area contributed by atoms with Crippen molar-refractivity contribution in [2.24, 2.45) is 0 Å². The van der Waals surface area contributed by atoms with E-state index in [1.165, 1.54) is 6.07 Å². The largest absolute Gasteiger partial charge is 0.313 e. The molecular formula is C14H17FN2S. The molecule has 0 radical (unpaired) electrons. The highest BCUT2D eigenvalue weighted by Gasteiger charge is 2.16. The lowest BCUT2D eigenvalue weighted by molar-refractivity contribution is 0.532. The Kier molecular flexibility index (Phi) is 4.09. The van der Waals surface area contributed by atoms with Crippen LogP contribution in [0.15, 0.2) is 23.6 Å². The van der Waals surface area contributed by atoms with Gasteiger partial charge in [-0.05, 0) is 27.0 Å². The molecule has 0 aliphatic carbocycles. The number of hydrogen-bond acceptors (Lipinski definition) is 3. The summed E-state index contributed by atoms with van der Waals surface area (Å²) in [7, 11) is 1.85. The third-order valence-electron chi connectivity index (χ3n) is 2.92. The van der Waals surface area contributed by atoms with E-state index in [0.717, 1.165) is 22.7 Å². The Bertz CT molecular complexity index is 536. The van der Waals surface area contributed by atoms with Gasteiger partial charge in [0.1, 0.15) is 5.82 Å². The Hall–Kier alpha value is -1.26. The second-order valence-corrected chi connectivity index (χ2v) is 5.40. The van der Waals surface area contributed by atoms with Gasteiger partial charge >= 0.3 is 0 Å². The smallest absolute Gasteiger partial charge is 0.128 e. The second-order valence-electron chi connectivity index (χ2n) is 4.45. The minimum absolute atomic E-state index is 0.0320.